The lowest BCUT2D eigenvalue weighted by atomic mass is 10.1. The van der Waals surface area contributed by atoms with E-state index in [1.54, 1.807) is 6.20 Å². The third kappa shape index (κ3) is 4.50. The Morgan fingerprint density at radius 1 is 0.970 bits per heavy atom. The monoisotopic (exact) mass is 433 g/mol. The second-order valence-electron chi connectivity index (χ2n) is 8.04. The van der Waals surface area contributed by atoms with Crippen LogP contribution in [0.3, 0.4) is 0 Å². The van der Waals surface area contributed by atoms with Gasteiger partial charge in [0.2, 0.25) is 5.91 Å². The standard InChI is InChI=1S/C27H23N5O/c1-17-5-3-7-24(29-17)27-26(21-10-13-23-20(16-21)6-4-14-28-23)31-25(32-27)15-19-8-11-22(12-9-19)30-18(2)33/h3-14,16H,15H2,1-2H3,(H,30,33)(H,31,32). The molecule has 3 aromatic heterocycles. The van der Waals surface area contributed by atoms with Crippen molar-refractivity contribution >= 4 is 22.5 Å². The summed E-state index contributed by atoms with van der Waals surface area (Å²) in [6.45, 7) is 3.49. The highest BCUT2D eigenvalue weighted by atomic mass is 16.1. The number of imidazole rings is 1. The first-order valence-electron chi connectivity index (χ1n) is 10.8. The quantitative estimate of drug-likeness (QED) is 0.381. The molecule has 5 rings (SSSR count). The summed E-state index contributed by atoms with van der Waals surface area (Å²) in [6, 6.07) is 24.0. The van der Waals surface area contributed by atoms with Gasteiger partial charge in [0.25, 0.3) is 0 Å². The van der Waals surface area contributed by atoms with Gasteiger partial charge in [-0.1, -0.05) is 30.3 Å². The molecule has 0 saturated heterocycles. The highest BCUT2D eigenvalue weighted by Crippen LogP contribution is 2.31. The number of H-pyrrole nitrogens is 1. The van der Waals surface area contributed by atoms with E-state index in [1.165, 1.54) is 6.92 Å². The van der Waals surface area contributed by atoms with E-state index >= 15 is 0 Å². The van der Waals surface area contributed by atoms with Crippen LogP contribution >= 0.6 is 0 Å². The van der Waals surface area contributed by atoms with Gasteiger partial charge in [0.05, 0.1) is 22.6 Å². The van der Waals surface area contributed by atoms with Crippen LogP contribution in [0.5, 0.6) is 0 Å². The van der Waals surface area contributed by atoms with E-state index in [0.29, 0.717) is 6.42 Å². The number of fused-ring (bicyclic) bond motifs is 1. The molecule has 162 valence electrons. The summed E-state index contributed by atoms with van der Waals surface area (Å²) in [5.74, 6) is 0.765. The number of aromatic nitrogens is 4. The maximum Gasteiger partial charge on any atom is 0.221 e. The highest BCUT2D eigenvalue weighted by molar-refractivity contribution is 5.88. The molecule has 2 N–H and O–H groups in total. The molecule has 0 saturated carbocycles. The largest absolute Gasteiger partial charge is 0.340 e. The van der Waals surface area contributed by atoms with Crippen LogP contribution < -0.4 is 5.32 Å². The number of aromatic amines is 1. The van der Waals surface area contributed by atoms with E-state index in [0.717, 1.165) is 56.3 Å². The summed E-state index contributed by atoms with van der Waals surface area (Å²) >= 11 is 0. The van der Waals surface area contributed by atoms with Gasteiger partial charge in [-0.2, -0.15) is 0 Å². The third-order valence-corrected chi connectivity index (χ3v) is 5.42. The second kappa shape index (κ2) is 8.67. The molecule has 5 aromatic rings. The molecular weight excluding hydrogens is 410 g/mol. The fraction of sp³-hybridized carbons (Fsp3) is 0.111. The van der Waals surface area contributed by atoms with E-state index in [9.17, 15) is 4.79 Å². The fourth-order valence-electron chi connectivity index (χ4n) is 3.91. The van der Waals surface area contributed by atoms with Gasteiger partial charge in [0, 0.05) is 41.9 Å². The number of hydrogen-bond donors (Lipinski definition) is 2. The van der Waals surface area contributed by atoms with Gasteiger partial charge in [-0.05, 0) is 55.0 Å². The predicted octanol–water partition coefficient (Wildman–Crippen LogP) is 5.54. The first-order chi connectivity index (χ1) is 16.0. The van der Waals surface area contributed by atoms with Crippen molar-refractivity contribution in [3.63, 3.8) is 0 Å². The van der Waals surface area contributed by atoms with Crippen LogP contribution in [0.1, 0.15) is 24.0 Å². The third-order valence-electron chi connectivity index (χ3n) is 5.42. The highest BCUT2D eigenvalue weighted by Gasteiger charge is 2.16. The summed E-state index contributed by atoms with van der Waals surface area (Å²) in [7, 11) is 0. The van der Waals surface area contributed by atoms with Gasteiger partial charge in [-0.25, -0.2) is 4.98 Å². The predicted molar refractivity (Wildman–Crippen MR) is 131 cm³/mol. The summed E-state index contributed by atoms with van der Waals surface area (Å²) in [5, 5.41) is 3.86. The molecule has 0 aliphatic rings. The van der Waals surface area contributed by atoms with Crippen LogP contribution in [0.4, 0.5) is 5.69 Å². The molecule has 33 heavy (non-hydrogen) atoms. The summed E-state index contributed by atoms with van der Waals surface area (Å²) in [5.41, 5.74) is 7.40. The number of benzene rings is 2. The van der Waals surface area contributed by atoms with Crippen LogP contribution in [0.25, 0.3) is 33.5 Å². The average Bonchev–Trinajstić information content (AvgIpc) is 3.23. The molecule has 0 unspecified atom stereocenters. The summed E-state index contributed by atoms with van der Waals surface area (Å²) in [4.78, 5) is 28.9. The second-order valence-corrected chi connectivity index (χ2v) is 8.04. The Balaban J connectivity index is 1.55. The molecule has 3 heterocycles. The van der Waals surface area contributed by atoms with Gasteiger partial charge in [-0.15, -0.1) is 0 Å². The molecule has 6 heteroatoms. The zero-order chi connectivity index (χ0) is 22.8. The topological polar surface area (TPSA) is 83.6 Å². The van der Waals surface area contributed by atoms with Crippen molar-refractivity contribution in [2.24, 2.45) is 0 Å². The molecule has 0 spiro atoms. The molecule has 0 aliphatic heterocycles. The Morgan fingerprint density at radius 2 is 1.82 bits per heavy atom. The minimum atomic E-state index is -0.0840. The Labute approximate surface area is 191 Å². The van der Waals surface area contributed by atoms with Crippen LogP contribution in [0, 0.1) is 6.92 Å². The Morgan fingerprint density at radius 3 is 2.61 bits per heavy atom. The zero-order valence-electron chi connectivity index (χ0n) is 18.5. The molecule has 1 amide bonds. The van der Waals surface area contributed by atoms with Crippen molar-refractivity contribution in [1.29, 1.82) is 0 Å². The van der Waals surface area contributed by atoms with Crippen LogP contribution in [0.15, 0.2) is 79.0 Å². The lowest BCUT2D eigenvalue weighted by molar-refractivity contribution is -0.114. The number of nitrogens with zero attached hydrogens (tertiary/aromatic N) is 3. The maximum absolute atomic E-state index is 11.3. The van der Waals surface area contributed by atoms with Crippen molar-refractivity contribution < 1.29 is 4.79 Å². The van der Waals surface area contributed by atoms with Gasteiger partial charge >= 0.3 is 0 Å². The Bertz CT molecular complexity index is 1450. The average molecular weight is 434 g/mol. The van der Waals surface area contributed by atoms with Gasteiger partial charge < -0.3 is 10.3 Å². The Hall–Kier alpha value is -4.32. The minimum absolute atomic E-state index is 0.0840. The number of amides is 1. The van der Waals surface area contributed by atoms with Gasteiger partial charge in [0.1, 0.15) is 5.82 Å². The number of carbonyl (C=O) groups excluding carboxylic acids is 1. The van der Waals surface area contributed by atoms with Crippen LogP contribution in [0.2, 0.25) is 0 Å². The number of aryl methyl sites for hydroxylation is 1. The fourth-order valence-corrected chi connectivity index (χ4v) is 3.91. The molecule has 6 nitrogen and oxygen atoms in total. The summed E-state index contributed by atoms with van der Waals surface area (Å²) < 4.78 is 0. The first-order valence-corrected chi connectivity index (χ1v) is 10.8. The molecule has 0 bridgehead atoms. The minimum Gasteiger partial charge on any atom is -0.340 e. The number of nitrogens with one attached hydrogen (secondary N) is 2. The van der Waals surface area contributed by atoms with E-state index in [4.69, 9.17) is 9.97 Å². The van der Waals surface area contributed by atoms with E-state index in [-0.39, 0.29) is 5.91 Å². The van der Waals surface area contributed by atoms with E-state index in [2.05, 4.69) is 33.5 Å². The Kier molecular flexibility index (Phi) is 5.40. The van der Waals surface area contributed by atoms with Gasteiger partial charge in [0.15, 0.2) is 0 Å². The molecule has 0 radical (unpaired) electrons. The number of anilines is 1. The van der Waals surface area contributed by atoms with Crippen molar-refractivity contribution in [3.05, 3.63) is 96.1 Å². The molecule has 2 aromatic carbocycles. The molecule has 0 atom stereocenters. The van der Waals surface area contributed by atoms with E-state index < -0.39 is 0 Å². The van der Waals surface area contributed by atoms with Crippen molar-refractivity contribution in [2.45, 2.75) is 20.3 Å². The molecule has 0 aliphatic carbocycles. The van der Waals surface area contributed by atoms with Crippen LogP contribution in [-0.4, -0.2) is 25.8 Å². The smallest absolute Gasteiger partial charge is 0.221 e. The first kappa shape index (κ1) is 20.6. The van der Waals surface area contributed by atoms with Crippen molar-refractivity contribution in [2.75, 3.05) is 5.32 Å². The number of pyridine rings is 2. The van der Waals surface area contributed by atoms with Crippen LogP contribution in [-0.2, 0) is 11.2 Å². The number of rotatable bonds is 5. The molecule has 0 fully saturated rings. The van der Waals surface area contributed by atoms with Crippen molar-refractivity contribution in [1.82, 2.24) is 19.9 Å². The van der Waals surface area contributed by atoms with Crippen molar-refractivity contribution in [3.8, 4) is 22.6 Å². The molecular formula is C27H23N5O. The summed E-state index contributed by atoms with van der Waals surface area (Å²) in [6.07, 6.45) is 2.43. The lowest BCUT2D eigenvalue weighted by Crippen LogP contribution is -2.05. The number of carbonyl (C=O) groups is 1. The SMILES string of the molecule is CC(=O)Nc1ccc(Cc2nc(-c3ccc4ncccc4c3)c(-c3cccc(C)n3)[nH]2)cc1. The number of hydrogen-bond acceptors (Lipinski definition) is 4. The normalized spacial score (nSPS) is 11.0. The lowest BCUT2D eigenvalue weighted by Gasteiger charge is -2.05. The zero-order valence-corrected chi connectivity index (χ0v) is 18.5. The van der Waals surface area contributed by atoms with Gasteiger partial charge in [-0.3, -0.25) is 14.8 Å². The van der Waals surface area contributed by atoms with E-state index in [1.807, 2.05) is 61.5 Å². The maximum atomic E-state index is 11.3.